The first kappa shape index (κ1) is 26.3. The van der Waals surface area contributed by atoms with Gasteiger partial charge in [0.1, 0.15) is 4.90 Å². The van der Waals surface area contributed by atoms with Gasteiger partial charge in [0.2, 0.25) is 5.91 Å². The molecule has 2 heterocycles. The summed E-state index contributed by atoms with van der Waals surface area (Å²) in [6.07, 6.45) is 4.68. The molecule has 1 amide bonds. The van der Waals surface area contributed by atoms with E-state index < -0.39 is 26.5 Å². The minimum Gasteiger partial charge on any atom is -0.339 e. The summed E-state index contributed by atoms with van der Waals surface area (Å²) in [7, 11) is -4.29. The summed E-state index contributed by atoms with van der Waals surface area (Å²) < 4.78 is 39.1. The minimum atomic E-state index is -4.29. The normalized spacial score (nSPS) is 14.4. The number of hydrogen-bond acceptors (Lipinski definition) is 6. The van der Waals surface area contributed by atoms with Crippen molar-refractivity contribution < 1.29 is 22.4 Å². The summed E-state index contributed by atoms with van der Waals surface area (Å²) >= 11 is 0. The lowest BCUT2D eigenvalue weighted by Gasteiger charge is -2.31. The first-order valence-corrected chi connectivity index (χ1v) is 13.2. The van der Waals surface area contributed by atoms with Gasteiger partial charge >= 0.3 is 0 Å². The fraction of sp³-hybridized carbons (Fsp3) is 0.222. The van der Waals surface area contributed by atoms with Crippen LogP contribution >= 0.6 is 0 Å². The number of carbonyl (C=O) groups excluding carboxylic acids is 2. The van der Waals surface area contributed by atoms with Crippen LogP contribution in [0.2, 0.25) is 0 Å². The Balaban J connectivity index is 1.64. The molecule has 1 saturated heterocycles. The zero-order valence-electron chi connectivity index (χ0n) is 20.3. The van der Waals surface area contributed by atoms with E-state index in [1.54, 1.807) is 28.1 Å². The van der Waals surface area contributed by atoms with Gasteiger partial charge in [-0.05, 0) is 85.4 Å². The molecule has 1 fully saturated rings. The number of halogens is 1. The van der Waals surface area contributed by atoms with Crippen LogP contribution in [0.25, 0.3) is 11.3 Å². The molecule has 8 nitrogen and oxygen atoms in total. The zero-order chi connectivity index (χ0) is 26.7. The van der Waals surface area contributed by atoms with E-state index >= 15 is 4.39 Å². The van der Waals surface area contributed by atoms with Crippen molar-refractivity contribution in [3.63, 3.8) is 0 Å². The maximum Gasteiger partial charge on any atom is 0.255 e. The number of rotatable bonds is 7. The highest BCUT2D eigenvalue weighted by Crippen LogP contribution is 2.31. The molecule has 192 valence electrons. The van der Waals surface area contributed by atoms with Gasteiger partial charge in [0.15, 0.2) is 11.6 Å². The Labute approximate surface area is 215 Å². The second-order valence-electron chi connectivity index (χ2n) is 8.93. The smallest absolute Gasteiger partial charge is 0.255 e. The van der Waals surface area contributed by atoms with Crippen molar-refractivity contribution in [1.29, 1.82) is 0 Å². The molecular formula is C27H27FN4O4S. The third kappa shape index (κ3) is 5.51. The summed E-state index contributed by atoms with van der Waals surface area (Å²) in [5.74, 6) is 3.39. The molecule has 10 heteroatoms. The van der Waals surface area contributed by atoms with E-state index in [0.29, 0.717) is 24.3 Å². The second kappa shape index (κ2) is 10.7. The highest BCUT2D eigenvalue weighted by atomic mass is 32.2. The van der Waals surface area contributed by atoms with Crippen LogP contribution in [0, 0.1) is 12.7 Å². The lowest BCUT2D eigenvalue weighted by molar-refractivity contribution is -0.127. The van der Waals surface area contributed by atoms with Gasteiger partial charge in [-0.2, -0.15) is 0 Å². The van der Waals surface area contributed by atoms with E-state index in [1.807, 2.05) is 25.1 Å². The predicted molar refractivity (Wildman–Crippen MR) is 138 cm³/mol. The largest absolute Gasteiger partial charge is 0.339 e. The topological polar surface area (TPSA) is 122 Å². The number of piperidine rings is 1. The number of amides is 1. The number of benzene rings is 2. The Bertz CT molecular complexity index is 1480. The fourth-order valence-corrected chi connectivity index (χ4v) is 5.33. The molecule has 0 saturated carbocycles. The lowest BCUT2D eigenvalue weighted by atomic mass is 9.88. The molecule has 3 aromatic rings. The van der Waals surface area contributed by atoms with E-state index in [9.17, 15) is 18.0 Å². The number of sulfonamides is 1. The van der Waals surface area contributed by atoms with Gasteiger partial charge in [0, 0.05) is 30.4 Å². The van der Waals surface area contributed by atoms with Crippen LogP contribution in [-0.2, 0) is 14.8 Å². The van der Waals surface area contributed by atoms with Crippen molar-refractivity contribution in [2.75, 3.05) is 13.1 Å². The minimum absolute atomic E-state index is 0.0651. The Morgan fingerprint density at radius 2 is 1.89 bits per heavy atom. The Kier molecular flexibility index (Phi) is 7.63. The molecule has 1 aromatic heterocycles. The van der Waals surface area contributed by atoms with E-state index in [4.69, 9.17) is 5.84 Å². The highest BCUT2D eigenvalue weighted by molar-refractivity contribution is 7.89. The average Bonchev–Trinajstić information content (AvgIpc) is 2.92. The number of aryl methyl sites for hydroxylation is 1. The number of carbonyl (C=O) groups is 2. The van der Waals surface area contributed by atoms with Gasteiger partial charge in [0.25, 0.3) is 10.0 Å². The Morgan fingerprint density at radius 3 is 2.57 bits per heavy atom. The van der Waals surface area contributed by atoms with E-state index in [1.165, 1.54) is 18.2 Å². The van der Waals surface area contributed by atoms with Crippen molar-refractivity contribution in [2.45, 2.75) is 30.6 Å². The van der Waals surface area contributed by atoms with Crippen molar-refractivity contribution in [2.24, 2.45) is 5.84 Å². The van der Waals surface area contributed by atoms with Crippen LogP contribution in [0.4, 0.5) is 4.39 Å². The standard InChI is InChI=1S/C27H27FN4O4S/c1-3-25(33)32-11-8-18(9-12-32)19-7-10-30-23(16-19)20-13-17(2)14-21(15-20)27(34)22-5-4-6-24(26(22)28)37(35,36)31-29/h3-7,10,13-16,18,31H,1,8-9,11-12,29H2,2H3. The van der Waals surface area contributed by atoms with Crippen molar-refractivity contribution >= 4 is 21.7 Å². The molecule has 0 radical (unpaired) electrons. The number of hydrazine groups is 1. The Hall–Kier alpha value is -3.73. The summed E-state index contributed by atoms with van der Waals surface area (Å²) in [6, 6.07) is 12.6. The average molecular weight is 523 g/mol. The van der Waals surface area contributed by atoms with Gasteiger partial charge in [-0.3, -0.25) is 20.4 Å². The van der Waals surface area contributed by atoms with Crippen LogP contribution in [0.15, 0.2) is 72.3 Å². The number of aromatic nitrogens is 1. The molecule has 0 bridgehead atoms. The number of nitrogens with zero attached hydrogens (tertiary/aromatic N) is 2. The summed E-state index contributed by atoms with van der Waals surface area (Å²) in [5.41, 5.74) is 3.00. The van der Waals surface area contributed by atoms with Crippen molar-refractivity contribution in [3.8, 4) is 11.3 Å². The third-order valence-electron chi connectivity index (χ3n) is 6.52. The zero-order valence-corrected chi connectivity index (χ0v) is 21.1. The number of nitrogens with one attached hydrogen (secondary N) is 1. The molecular weight excluding hydrogens is 495 g/mol. The van der Waals surface area contributed by atoms with Crippen LogP contribution < -0.4 is 10.7 Å². The van der Waals surface area contributed by atoms with Gasteiger partial charge in [-0.25, -0.2) is 12.8 Å². The van der Waals surface area contributed by atoms with Crippen LogP contribution in [0.3, 0.4) is 0 Å². The molecule has 2 aromatic carbocycles. The van der Waals surface area contributed by atoms with Crippen LogP contribution in [0.5, 0.6) is 0 Å². The quantitative estimate of drug-likeness (QED) is 0.212. The Morgan fingerprint density at radius 1 is 1.16 bits per heavy atom. The van der Waals surface area contributed by atoms with E-state index in [-0.39, 0.29) is 23.0 Å². The van der Waals surface area contributed by atoms with Crippen LogP contribution in [0.1, 0.15) is 45.8 Å². The van der Waals surface area contributed by atoms with E-state index in [0.717, 1.165) is 30.0 Å². The molecule has 0 unspecified atom stereocenters. The summed E-state index contributed by atoms with van der Waals surface area (Å²) in [6.45, 7) is 6.66. The molecule has 0 aliphatic carbocycles. The lowest BCUT2D eigenvalue weighted by Crippen LogP contribution is -2.36. The molecule has 1 aliphatic rings. The molecule has 4 rings (SSSR count). The van der Waals surface area contributed by atoms with Gasteiger partial charge in [-0.1, -0.05) is 12.6 Å². The molecule has 37 heavy (non-hydrogen) atoms. The van der Waals surface area contributed by atoms with Crippen molar-refractivity contribution in [3.05, 3.63) is 95.5 Å². The van der Waals surface area contributed by atoms with Crippen molar-refractivity contribution in [1.82, 2.24) is 14.7 Å². The predicted octanol–water partition coefficient (Wildman–Crippen LogP) is 3.47. The first-order chi connectivity index (χ1) is 17.6. The van der Waals surface area contributed by atoms with Gasteiger partial charge in [0.05, 0.1) is 11.3 Å². The summed E-state index contributed by atoms with van der Waals surface area (Å²) in [5, 5.41) is 0. The number of pyridine rings is 1. The number of nitrogens with two attached hydrogens (primary N) is 1. The molecule has 0 atom stereocenters. The molecule has 1 aliphatic heterocycles. The SMILES string of the molecule is C=CC(=O)N1CCC(c2ccnc(-c3cc(C)cc(C(=O)c4cccc(S(=O)(=O)NN)c4F)c3)c2)CC1. The number of ketones is 1. The monoisotopic (exact) mass is 522 g/mol. The maximum absolute atomic E-state index is 15.0. The van der Waals surface area contributed by atoms with E-state index in [2.05, 4.69) is 11.6 Å². The third-order valence-corrected chi connectivity index (χ3v) is 7.73. The summed E-state index contributed by atoms with van der Waals surface area (Å²) in [4.78, 5) is 32.3. The van der Waals surface area contributed by atoms with Crippen LogP contribution in [-0.4, -0.2) is 43.1 Å². The number of likely N-dealkylation sites (tertiary alicyclic amines) is 1. The molecule has 0 spiro atoms. The highest BCUT2D eigenvalue weighted by Gasteiger charge is 2.25. The second-order valence-corrected chi connectivity index (χ2v) is 10.6. The fourth-order valence-electron chi connectivity index (χ4n) is 4.60. The first-order valence-electron chi connectivity index (χ1n) is 11.7. The maximum atomic E-state index is 15.0. The van der Waals surface area contributed by atoms with Gasteiger partial charge < -0.3 is 4.90 Å². The molecule has 3 N–H and O–H groups in total. The van der Waals surface area contributed by atoms with Gasteiger partial charge in [-0.15, -0.1) is 4.83 Å². The number of hydrogen-bond donors (Lipinski definition) is 2.